The van der Waals surface area contributed by atoms with Crippen LogP contribution in [0.4, 0.5) is 0 Å². The average molecular weight is 457 g/mol. The zero-order chi connectivity index (χ0) is 24.0. The number of ketones is 1. The summed E-state index contributed by atoms with van der Waals surface area (Å²) in [5.74, 6) is -0.198. The second-order valence-corrected chi connectivity index (χ2v) is 10.5. The van der Waals surface area contributed by atoms with Gasteiger partial charge in [-0.15, -0.1) is 0 Å². The monoisotopic (exact) mass is 456 g/mol. The number of hydrogen-bond donors (Lipinski definition) is 2. The number of Topliss-reactive ketones (excluding diaryl/α,β-unsaturated/α-hetero) is 1. The Morgan fingerprint density at radius 3 is 2.64 bits per heavy atom. The molecule has 0 amide bonds. The zero-order valence-corrected chi connectivity index (χ0v) is 20.2. The van der Waals surface area contributed by atoms with Crippen LogP contribution in [0.3, 0.4) is 0 Å². The number of ether oxygens (including phenoxy) is 1. The van der Waals surface area contributed by atoms with Crippen LogP contribution >= 0.6 is 0 Å². The number of rotatable bonds is 9. The molecule has 1 unspecified atom stereocenters. The van der Waals surface area contributed by atoms with E-state index in [0.717, 1.165) is 31.2 Å². The van der Waals surface area contributed by atoms with Crippen molar-refractivity contribution in [1.29, 1.82) is 0 Å². The third kappa shape index (κ3) is 7.25. The minimum Gasteiger partial charge on any atom is -0.462 e. The SMILES string of the molecule is CC(C)[C@@H]1CC[C@@H](C)CC1OC(=O)C[C@H]1C(=O)C[C@@H](O)[C@@H]1/C=C/[C@@H](O)CCc1ccccc1. The van der Waals surface area contributed by atoms with Gasteiger partial charge in [-0.05, 0) is 49.0 Å². The van der Waals surface area contributed by atoms with E-state index in [0.29, 0.717) is 24.2 Å². The number of aliphatic hydroxyl groups excluding tert-OH is 2. The van der Waals surface area contributed by atoms with Crippen molar-refractivity contribution in [3.05, 3.63) is 48.0 Å². The smallest absolute Gasteiger partial charge is 0.306 e. The third-order valence-corrected chi connectivity index (χ3v) is 7.49. The maximum atomic E-state index is 12.8. The summed E-state index contributed by atoms with van der Waals surface area (Å²) in [5.41, 5.74) is 1.15. The number of esters is 1. The largest absolute Gasteiger partial charge is 0.462 e. The van der Waals surface area contributed by atoms with E-state index < -0.39 is 24.0 Å². The first-order valence-electron chi connectivity index (χ1n) is 12.5. The minimum absolute atomic E-state index is 0.0132. The molecule has 0 heterocycles. The number of hydrogen-bond acceptors (Lipinski definition) is 5. The molecule has 0 saturated heterocycles. The van der Waals surface area contributed by atoms with Crippen LogP contribution in [0.25, 0.3) is 0 Å². The van der Waals surface area contributed by atoms with Gasteiger partial charge in [-0.1, -0.05) is 69.7 Å². The Bertz CT molecular complexity index is 802. The second-order valence-electron chi connectivity index (χ2n) is 10.5. The van der Waals surface area contributed by atoms with Crippen LogP contribution in [-0.2, 0) is 20.7 Å². The Hall–Kier alpha value is -1.98. The molecule has 2 N–H and O–H groups in total. The van der Waals surface area contributed by atoms with E-state index in [1.807, 2.05) is 30.3 Å². The van der Waals surface area contributed by atoms with Crippen LogP contribution < -0.4 is 0 Å². The van der Waals surface area contributed by atoms with Crippen LogP contribution in [0.1, 0.15) is 64.9 Å². The fourth-order valence-corrected chi connectivity index (χ4v) is 5.45. The highest BCUT2D eigenvalue weighted by atomic mass is 16.5. The number of carbonyl (C=O) groups is 2. The highest BCUT2D eigenvalue weighted by molar-refractivity contribution is 5.88. The Morgan fingerprint density at radius 2 is 1.94 bits per heavy atom. The first-order valence-corrected chi connectivity index (χ1v) is 12.5. The van der Waals surface area contributed by atoms with E-state index in [1.54, 1.807) is 12.2 Å². The lowest BCUT2D eigenvalue weighted by molar-refractivity contribution is -0.158. The van der Waals surface area contributed by atoms with E-state index in [2.05, 4.69) is 20.8 Å². The molecule has 2 saturated carbocycles. The van der Waals surface area contributed by atoms with Crippen LogP contribution in [0, 0.1) is 29.6 Å². The van der Waals surface area contributed by atoms with Gasteiger partial charge in [0.15, 0.2) is 0 Å². The lowest BCUT2D eigenvalue weighted by atomic mass is 9.75. The van der Waals surface area contributed by atoms with Crippen molar-refractivity contribution >= 4 is 11.8 Å². The van der Waals surface area contributed by atoms with Crippen molar-refractivity contribution in [3.63, 3.8) is 0 Å². The number of benzene rings is 1. The van der Waals surface area contributed by atoms with Gasteiger partial charge in [0, 0.05) is 18.3 Å². The van der Waals surface area contributed by atoms with Crippen LogP contribution in [0.5, 0.6) is 0 Å². The molecule has 33 heavy (non-hydrogen) atoms. The molecule has 1 aromatic carbocycles. The number of aryl methyl sites for hydroxylation is 1. The quantitative estimate of drug-likeness (QED) is 0.422. The van der Waals surface area contributed by atoms with Crippen LogP contribution in [0.15, 0.2) is 42.5 Å². The van der Waals surface area contributed by atoms with Gasteiger partial charge in [-0.3, -0.25) is 9.59 Å². The fourth-order valence-electron chi connectivity index (χ4n) is 5.45. The molecule has 0 radical (unpaired) electrons. The van der Waals surface area contributed by atoms with Crippen molar-refractivity contribution in [2.75, 3.05) is 0 Å². The lowest BCUT2D eigenvalue weighted by Gasteiger charge is -2.36. The van der Waals surface area contributed by atoms with Gasteiger partial charge in [0.2, 0.25) is 0 Å². The summed E-state index contributed by atoms with van der Waals surface area (Å²) in [4.78, 5) is 25.3. The normalized spacial score (nSPS) is 31.3. The predicted octanol–water partition coefficient (Wildman–Crippen LogP) is 4.50. The summed E-state index contributed by atoms with van der Waals surface area (Å²) >= 11 is 0. The molecule has 5 nitrogen and oxygen atoms in total. The minimum atomic E-state index is -0.828. The first-order chi connectivity index (χ1) is 15.7. The van der Waals surface area contributed by atoms with E-state index in [-0.39, 0.29) is 30.7 Å². The van der Waals surface area contributed by atoms with E-state index in [4.69, 9.17) is 4.74 Å². The second kappa shape index (κ2) is 11.9. The molecule has 0 aliphatic heterocycles. The van der Waals surface area contributed by atoms with Crippen LogP contribution in [0.2, 0.25) is 0 Å². The molecule has 182 valence electrons. The third-order valence-electron chi connectivity index (χ3n) is 7.49. The lowest BCUT2D eigenvalue weighted by Crippen LogP contribution is -2.36. The standard InChI is InChI=1S/C28H40O5/c1-18(2)22-13-9-19(3)15-27(22)33-28(32)16-24-23(25(30)17-26(24)31)14-12-21(29)11-10-20-7-5-4-6-8-20/h4-8,12,14,18-19,21-25,27,29-30H,9-11,13,15-17H2,1-3H3/b14-12+/t19-,21+,22+,23-,24-,25-,27?/m1/s1. The summed E-state index contributed by atoms with van der Waals surface area (Å²) < 4.78 is 5.90. The van der Waals surface area contributed by atoms with Gasteiger partial charge in [0.1, 0.15) is 11.9 Å². The molecular weight excluding hydrogens is 416 g/mol. The average Bonchev–Trinajstić information content (AvgIpc) is 3.03. The van der Waals surface area contributed by atoms with Gasteiger partial charge in [0.25, 0.3) is 0 Å². The first kappa shape index (κ1) is 25.6. The number of carbonyl (C=O) groups excluding carboxylic acids is 2. The van der Waals surface area contributed by atoms with Gasteiger partial charge in [0.05, 0.1) is 18.6 Å². The van der Waals surface area contributed by atoms with Crippen molar-refractivity contribution in [3.8, 4) is 0 Å². The summed E-state index contributed by atoms with van der Waals surface area (Å²) in [6, 6.07) is 9.95. The molecule has 2 aliphatic carbocycles. The molecule has 0 aromatic heterocycles. The van der Waals surface area contributed by atoms with E-state index in [1.165, 1.54) is 0 Å². The molecule has 1 aromatic rings. The van der Waals surface area contributed by atoms with Gasteiger partial charge in [-0.2, -0.15) is 0 Å². The summed E-state index contributed by atoms with van der Waals surface area (Å²) in [5, 5.41) is 20.8. The van der Waals surface area contributed by atoms with Gasteiger partial charge >= 0.3 is 5.97 Å². The molecule has 0 spiro atoms. The van der Waals surface area contributed by atoms with Crippen molar-refractivity contribution in [2.45, 2.75) is 84.0 Å². The maximum absolute atomic E-state index is 12.8. The Kier molecular flexibility index (Phi) is 9.27. The highest BCUT2D eigenvalue weighted by Gasteiger charge is 2.42. The van der Waals surface area contributed by atoms with Crippen molar-refractivity contribution in [1.82, 2.24) is 0 Å². The predicted molar refractivity (Wildman–Crippen MR) is 128 cm³/mol. The molecule has 7 atom stereocenters. The van der Waals surface area contributed by atoms with Gasteiger partial charge < -0.3 is 14.9 Å². The van der Waals surface area contributed by atoms with E-state index >= 15 is 0 Å². The molecular formula is C28H40O5. The molecule has 3 rings (SSSR count). The van der Waals surface area contributed by atoms with Crippen molar-refractivity contribution in [2.24, 2.45) is 29.6 Å². The topological polar surface area (TPSA) is 83.8 Å². The van der Waals surface area contributed by atoms with Crippen LogP contribution in [-0.4, -0.2) is 40.3 Å². The molecule has 2 aliphatic rings. The fraction of sp³-hybridized carbons (Fsp3) is 0.643. The van der Waals surface area contributed by atoms with Crippen molar-refractivity contribution < 1.29 is 24.5 Å². The summed E-state index contributed by atoms with van der Waals surface area (Å²) in [6.07, 6.45) is 6.20. The zero-order valence-electron chi connectivity index (χ0n) is 20.2. The van der Waals surface area contributed by atoms with Gasteiger partial charge in [-0.25, -0.2) is 0 Å². The molecule has 5 heteroatoms. The molecule has 2 fully saturated rings. The number of aliphatic hydroxyl groups is 2. The Labute approximate surface area is 198 Å². The Balaban J connectivity index is 1.57. The summed E-state index contributed by atoms with van der Waals surface area (Å²) in [6.45, 7) is 6.53. The highest BCUT2D eigenvalue weighted by Crippen LogP contribution is 2.37. The maximum Gasteiger partial charge on any atom is 0.306 e. The summed E-state index contributed by atoms with van der Waals surface area (Å²) in [7, 11) is 0. The Morgan fingerprint density at radius 1 is 1.21 bits per heavy atom. The molecule has 0 bridgehead atoms. The van der Waals surface area contributed by atoms with E-state index in [9.17, 15) is 19.8 Å².